The summed E-state index contributed by atoms with van der Waals surface area (Å²) in [7, 11) is 0. The number of nitrogens with zero attached hydrogens (tertiary/aromatic N) is 3. The van der Waals surface area contributed by atoms with Gasteiger partial charge in [-0.15, -0.1) is 0 Å². The third-order valence-corrected chi connectivity index (χ3v) is 5.17. The zero-order valence-corrected chi connectivity index (χ0v) is 16.3. The smallest absolute Gasteiger partial charge is 0.274 e. The van der Waals surface area contributed by atoms with Crippen LogP contribution in [0.3, 0.4) is 0 Å². The Balaban J connectivity index is 1.58. The summed E-state index contributed by atoms with van der Waals surface area (Å²) < 4.78 is 0. The highest BCUT2D eigenvalue weighted by molar-refractivity contribution is 5.94. The summed E-state index contributed by atoms with van der Waals surface area (Å²) in [5, 5.41) is 13.8. The number of nitrogens with one attached hydrogen (secondary N) is 1. The molecule has 0 aromatic heterocycles. The van der Waals surface area contributed by atoms with Crippen LogP contribution in [0.1, 0.15) is 29.8 Å². The molecule has 1 N–H and O–H groups in total. The molecular formula is C21H26N4O3. The van der Waals surface area contributed by atoms with Crippen LogP contribution in [-0.2, 0) is 6.54 Å². The quantitative estimate of drug-likeness (QED) is 0.614. The van der Waals surface area contributed by atoms with Crippen LogP contribution in [0.5, 0.6) is 0 Å². The minimum absolute atomic E-state index is 0.0127. The zero-order chi connectivity index (χ0) is 20.1. The third kappa shape index (κ3) is 4.67. The summed E-state index contributed by atoms with van der Waals surface area (Å²) in [5.74, 6) is -0.241. The minimum atomic E-state index is -0.435. The van der Waals surface area contributed by atoms with Crippen molar-refractivity contribution >= 4 is 17.3 Å². The normalized spacial score (nSPS) is 14.9. The molecule has 7 nitrogen and oxygen atoms in total. The number of benzene rings is 2. The van der Waals surface area contributed by atoms with Crippen molar-refractivity contribution in [2.45, 2.75) is 26.4 Å². The lowest BCUT2D eigenvalue weighted by Gasteiger charge is -2.38. The molecule has 0 aliphatic carbocycles. The molecule has 1 aliphatic rings. The number of carbonyl (C=O) groups is 1. The lowest BCUT2D eigenvalue weighted by Crippen LogP contribution is -2.48. The van der Waals surface area contributed by atoms with Gasteiger partial charge in [0.15, 0.2) is 0 Å². The maximum atomic E-state index is 12.4. The highest BCUT2D eigenvalue weighted by atomic mass is 16.6. The Morgan fingerprint density at radius 1 is 1.07 bits per heavy atom. The Kier molecular flexibility index (Phi) is 6.26. The van der Waals surface area contributed by atoms with Crippen LogP contribution in [0.25, 0.3) is 0 Å². The largest absolute Gasteiger partial charge is 0.369 e. The lowest BCUT2D eigenvalue weighted by molar-refractivity contribution is -0.385. The van der Waals surface area contributed by atoms with Crippen molar-refractivity contribution in [3.8, 4) is 0 Å². The van der Waals surface area contributed by atoms with Gasteiger partial charge < -0.3 is 10.2 Å². The van der Waals surface area contributed by atoms with Crippen LogP contribution in [-0.4, -0.2) is 48.0 Å². The van der Waals surface area contributed by atoms with Gasteiger partial charge in [0.05, 0.1) is 4.92 Å². The summed E-state index contributed by atoms with van der Waals surface area (Å²) in [4.78, 5) is 27.8. The molecule has 0 atom stereocenters. The van der Waals surface area contributed by atoms with Crippen LogP contribution >= 0.6 is 0 Å². The van der Waals surface area contributed by atoms with Crippen molar-refractivity contribution in [1.29, 1.82) is 0 Å². The minimum Gasteiger partial charge on any atom is -0.369 e. The van der Waals surface area contributed by atoms with E-state index in [2.05, 4.69) is 29.0 Å². The first kappa shape index (κ1) is 19.8. The lowest BCUT2D eigenvalue weighted by atomic mass is 10.1. The number of piperazine rings is 1. The van der Waals surface area contributed by atoms with Gasteiger partial charge in [-0.25, -0.2) is 0 Å². The Morgan fingerprint density at radius 3 is 2.32 bits per heavy atom. The maximum Gasteiger partial charge on any atom is 0.274 e. The number of nitro groups is 1. The van der Waals surface area contributed by atoms with E-state index in [1.165, 1.54) is 6.07 Å². The summed E-state index contributed by atoms with van der Waals surface area (Å²) >= 11 is 0. The number of para-hydroxylation sites is 1. The van der Waals surface area contributed by atoms with E-state index in [1.807, 2.05) is 12.1 Å². The first-order valence-electron chi connectivity index (χ1n) is 9.55. The number of hydrogen-bond acceptors (Lipinski definition) is 5. The monoisotopic (exact) mass is 382 g/mol. The van der Waals surface area contributed by atoms with Gasteiger partial charge in [0, 0.05) is 61.6 Å². The van der Waals surface area contributed by atoms with E-state index in [9.17, 15) is 14.9 Å². The molecule has 1 aliphatic heterocycles. The highest BCUT2D eigenvalue weighted by Crippen LogP contribution is 2.19. The van der Waals surface area contributed by atoms with Crippen molar-refractivity contribution in [3.63, 3.8) is 0 Å². The predicted molar refractivity (Wildman–Crippen MR) is 110 cm³/mol. The van der Waals surface area contributed by atoms with E-state index >= 15 is 0 Å². The van der Waals surface area contributed by atoms with Gasteiger partial charge in [0.25, 0.3) is 11.6 Å². The van der Waals surface area contributed by atoms with Crippen LogP contribution < -0.4 is 10.2 Å². The fourth-order valence-corrected chi connectivity index (χ4v) is 3.44. The van der Waals surface area contributed by atoms with Crippen LogP contribution in [0.4, 0.5) is 11.4 Å². The van der Waals surface area contributed by atoms with Crippen molar-refractivity contribution in [1.82, 2.24) is 10.2 Å². The second-order valence-corrected chi connectivity index (χ2v) is 7.23. The fraction of sp³-hybridized carbons (Fsp3) is 0.381. The molecule has 1 saturated heterocycles. The number of amides is 1. The molecule has 0 spiro atoms. The number of anilines is 1. The molecule has 28 heavy (non-hydrogen) atoms. The Hall–Kier alpha value is -2.93. The molecule has 7 heteroatoms. The summed E-state index contributed by atoms with van der Waals surface area (Å²) in [6.45, 7) is 8.57. The first-order chi connectivity index (χ1) is 13.5. The molecule has 1 heterocycles. The molecule has 0 bridgehead atoms. The van der Waals surface area contributed by atoms with E-state index in [4.69, 9.17) is 0 Å². The molecule has 0 radical (unpaired) electrons. The summed E-state index contributed by atoms with van der Waals surface area (Å²) in [6, 6.07) is 14.5. The number of carbonyl (C=O) groups excluding carboxylic acids is 1. The number of hydrogen-bond donors (Lipinski definition) is 1. The second-order valence-electron chi connectivity index (χ2n) is 7.23. The Morgan fingerprint density at radius 2 is 1.71 bits per heavy atom. The van der Waals surface area contributed by atoms with E-state index in [-0.39, 0.29) is 18.1 Å². The van der Waals surface area contributed by atoms with Crippen molar-refractivity contribution in [2.24, 2.45) is 0 Å². The van der Waals surface area contributed by atoms with Gasteiger partial charge in [-0.3, -0.25) is 19.8 Å². The topological polar surface area (TPSA) is 78.7 Å². The van der Waals surface area contributed by atoms with Gasteiger partial charge in [0.1, 0.15) is 0 Å². The van der Waals surface area contributed by atoms with Gasteiger partial charge in [-0.05, 0) is 38.1 Å². The van der Waals surface area contributed by atoms with E-state index < -0.39 is 4.92 Å². The number of rotatable bonds is 6. The molecule has 148 valence electrons. The van der Waals surface area contributed by atoms with Crippen molar-refractivity contribution in [2.75, 3.05) is 31.1 Å². The Bertz CT molecular complexity index is 828. The van der Waals surface area contributed by atoms with E-state index in [0.29, 0.717) is 17.2 Å². The van der Waals surface area contributed by atoms with Crippen molar-refractivity contribution < 1.29 is 9.72 Å². The van der Waals surface area contributed by atoms with E-state index in [1.54, 1.807) is 30.3 Å². The van der Waals surface area contributed by atoms with Gasteiger partial charge in [0.2, 0.25) is 0 Å². The van der Waals surface area contributed by atoms with Gasteiger partial charge in [-0.1, -0.05) is 18.2 Å². The Labute approximate surface area is 165 Å². The first-order valence-corrected chi connectivity index (χ1v) is 9.55. The van der Waals surface area contributed by atoms with Crippen LogP contribution in [0.2, 0.25) is 0 Å². The molecule has 1 fully saturated rings. The summed E-state index contributed by atoms with van der Waals surface area (Å²) in [6.07, 6.45) is 0. The molecular weight excluding hydrogens is 356 g/mol. The average Bonchev–Trinajstić information content (AvgIpc) is 2.72. The van der Waals surface area contributed by atoms with Crippen LogP contribution in [0.15, 0.2) is 48.5 Å². The SMILES string of the molecule is CC(C)N1CCN(c2ccc(C(=O)NCc3ccccc3[N+](=O)[O-])cc2)CC1. The molecule has 0 saturated carbocycles. The molecule has 1 amide bonds. The van der Waals surface area contributed by atoms with Gasteiger partial charge >= 0.3 is 0 Å². The van der Waals surface area contributed by atoms with E-state index in [0.717, 1.165) is 31.9 Å². The number of nitro benzene ring substituents is 1. The average molecular weight is 382 g/mol. The molecule has 2 aromatic carbocycles. The predicted octanol–water partition coefficient (Wildman–Crippen LogP) is 3.06. The standard InChI is InChI=1S/C21H26N4O3/c1-16(2)23-11-13-24(14-12-23)19-9-7-17(8-10-19)21(26)22-15-18-5-3-4-6-20(18)25(27)28/h3-10,16H,11-15H2,1-2H3,(H,22,26). The third-order valence-electron chi connectivity index (χ3n) is 5.17. The van der Waals surface area contributed by atoms with Crippen molar-refractivity contribution in [3.05, 3.63) is 69.8 Å². The fourth-order valence-electron chi connectivity index (χ4n) is 3.44. The maximum absolute atomic E-state index is 12.4. The highest BCUT2D eigenvalue weighted by Gasteiger charge is 2.19. The second kappa shape index (κ2) is 8.84. The van der Waals surface area contributed by atoms with Crippen LogP contribution in [0, 0.1) is 10.1 Å². The molecule has 2 aromatic rings. The summed E-state index contributed by atoms with van der Waals surface area (Å²) in [5.41, 5.74) is 2.15. The molecule has 0 unspecified atom stereocenters. The molecule has 3 rings (SSSR count). The van der Waals surface area contributed by atoms with Gasteiger partial charge in [-0.2, -0.15) is 0 Å². The zero-order valence-electron chi connectivity index (χ0n) is 16.3.